The maximum Gasteiger partial charge on any atom is 0.210 e. The van der Waals surface area contributed by atoms with Crippen LogP contribution in [0.4, 0.5) is 4.39 Å². The molecule has 112 valence electrons. The molecule has 1 aromatic carbocycles. The number of benzene rings is 1. The molecule has 2 N–H and O–H groups in total. The average Bonchev–Trinajstić information content (AvgIpc) is 2.89. The van der Waals surface area contributed by atoms with Crippen LogP contribution in [-0.4, -0.2) is 19.9 Å². The topological polar surface area (TPSA) is 69.6 Å². The van der Waals surface area contributed by atoms with Crippen molar-refractivity contribution in [1.29, 1.82) is 0 Å². The molecular weight excluding hydrogens is 325 g/mol. The van der Waals surface area contributed by atoms with E-state index in [1.54, 1.807) is 36.7 Å². The first-order valence-electron chi connectivity index (χ1n) is 6.33. The summed E-state index contributed by atoms with van der Waals surface area (Å²) in [6, 6.07) is 8.16. The summed E-state index contributed by atoms with van der Waals surface area (Å²) < 4.78 is 15.1. The Kier molecular flexibility index (Phi) is 4.26. The van der Waals surface area contributed by atoms with Crippen LogP contribution in [0.3, 0.4) is 0 Å². The van der Waals surface area contributed by atoms with Gasteiger partial charge >= 0.3 is 0 Å². The van der Waals surface area contributed by atoms with Gasteiger partial charge in [0.15, 0.2) is 5.82 Å². The molecule has 2 aromatic heterocycles. The van der Waals surface area contributed by atoms with Crippen molar-refractivity contribution in [3.8, 4) is 11.4 Å². The quantitative estimate of drug-likeness (QED) is 0.586. The third kappa shape index (κ3) is 2.90. The molecule has 3 rings (SSSR count). The summed E-state index contributed by atoms with van der Waals surface area (Å²) in [5.41, 5.74) is 1.23. The predicted octanol–water partition coefficient (Wildman–Crippen LogP) is 3.14. The Bertz CT molecular complexity index is 773. The van der Waals surface area contributed by atoms with Gasteiger partial charge in [-0.3, -0.25) is 4.98 Å². The van der Waals surface area contributed by atoms with Crippen LogP contribution in [-0.2, 0) is 5.75 Å². The van der Waals surface area contributed by atoms with E-state index < -0.39 is 0 Å². The van der Waals surface area contributed by atoms with Gasteiger partial charge in [-0.2, -0.15) is 0 Å². The lowest BCUT2D eigenvalue weighted by Gasteiger charge is -2.06. The first kappa shape index (κ1) is 14.8. The number of pyridine rings is 1. The number of nitrogen functional groups attached to an aromatic ring is 1. The Morgan fingerprint density at radius 2 is 1.95 bits per heavy atom. The first-order chi connectivity index (χ1) is 10.7. The van der Waals surface area contributed by atoms with Crippen LogP contribution in [0, 0.1) is 5.82 Å². The number of hydrogen-bond donors (Lipinski definition) is 1. The molecule has 0 aliphatic heterocycles. The van der Waals surface area contributed by atoms with Crippen molar-refractivity contribution in [3.05, 3.63) is 59.1 Å². The van der Waals surface area contributed by atoms with Crippen LogP contribution in [0.1, 0.15) is 5.56 Å². The van der Waals surface area contributed by atoms with Gasteiger partial charge in [0, 0.05) is 34.3 Å². The largest absolute Gasteiger partial charge is 0.335 e. The van der Waals surface area contributed by atoms with E-state index in [1.165, 1.54) is 22.5 Å². The monoisotopic (exact) mass is 335 g/mol. The van der Waals surface area contributed by atoms with E-state index in [1.807, 2.05) is 0 Å². The zero-order valence-electron chi connectivity index (χ0n) is 11.3. The van der Waals surface area contributed by atoms with Gasteiger partial charge in [0.05, 0.1) is 0 Å². The van der Waals surface area contributed by atoms with Crippen LogP contribution < -0.4 is 5.84 Å². The summed E-state index contributed by atoms with van der Waals surface area (Å²) in [7, 11) is 0. The fourth-order valence-electron chi connectivity index (χ4n) is 1.88. The molecule has 0 amide bonds. The van der Waals surface area contributed by atoms with Gasteiger partial charge in [0.1, 0.15) is 5.82 Å². The third-order valence-corrected chi connectivity index (χ3v) is 4.33. The molecule has 3 aromatic rings. The molecule has 0 unspecified atom stereocenters. The highest BCUT2D eigenvalue weighted by molar-refractivity contribution is 7.98. The first-order valence-corrected chi connectivity index (χ1v) is 7.69. The fraction of sp³-hybridized carbons (Fsp3) is 0.0714. The van der Waals surface area contributed by atoms with Crippen molar-refractivity contribution >= 4 is 23.4 Å². The molecule has 2 heterocycles. The number of hydrogen-bond acceptors (Lipinski definition) is 5. The minimum Gasteiger partial charge on any atom is -0.335 e. The molecule has 5 nitrogen and oxygen atoms in total. The maximum atomic E-state index is 13.7. The molecule has 0 aliphatic rings. The predicted molar refractivity (Wildman–Crippen MR) is 84.4 cm³/mol. The third-order valence-electron chi connectivity index (χ3n) is 3.01. The van der Waals surface area contributed by atoms with E-state index in [4.69, 9.17) is 17.4 Å². The molecule has 0 saturated carbocycles. The van der Waals surface area contributed by atoms with E-state index in [-0.39, 0.29) is 5.82 Å². The molecule has 22 heavy (non-hydrogen) atoms. The van der Waals surface area contributed by atoms with Crippen molar-refractivity contribution in [1.82, 2.24) is 19.9 Å². The summed E-state index contributed by atoms with van der Waals surface area (Å²) in [4.78, 5) is 3.94. The second-order valence-corrected chi connectivity index (χ2v) is 5.75. The minimum atomic E-state index is -0.350. The molecule has 0 spiro atoms. The van der Waals surface area contributed by atoms with Crippen molar-refractivity contribution in [3.63, 3.8) is 0 Å². The van der Waals surface area contributed by atoms with Crippen LogP contribution in [0.25, 0.3) is 11.4 Å². The van der Waals surface area contributed by atoms with E-state index in [0.717, 1.165) is 5.56 Å². The molecule has 0 fully saturated rings. The van der Waals surface area contributed by atoms with E-state index in [9.17, 15) is 4.39 Å². The van der Waals surface area contributed by atoms with Gasteiger partial charge in [-0.1, -0.05) is 29.4 Å². The van der Waals surface area contributed by atoms with Gasteiger partial charge in [-0.25, -0.2) is 9.07 Å². The molecular formula is C14H11ClFN5S. The van der Waals surface area contributed by atoms with Gasteiger partial charge in [-0.15, -0.1) is 10.2 Å². The molecule has 0 aliphatic carbocycles. The molecule has 8 heteroatoms. The van der Waals surface area contributed by atoms with Crippen molar-refractivity contribution in [2.24, 2.45) is 0 Å². The summed E-state index contributed by atoms with van der Waals surface area (Å²) in [6.07, 6.45) is 3.30. The lowest BCUT2D eigenvalue weighted by atomic mass is 10.2. The molecule has 0 saturated heterocycles. The second-order valence-electron chi connectivity index (χ2n) is 4.40. The lowest BCUT2D eigenvalue weighted by molar-refractivity contribution is 0.617. The number of nitrogens with two attached hydrogens (primary N) is 1. The van der Waals surface area contributed by atoms with Gasteiger partial charge < -0.3 is 5.84 Å². The zero-order valence-corrected chi connectivity index (χ0v) is 12.9. The number of nitrogens with zero attached hydrogens (tertiary/aromatic N) is 4. The number of aromatic nitrogens is 4. The van der Waals surface area contributed by atoms with Gasteiger partial charge in [-0.05, 0) is 24.3 Å². The normalized spacial score (nSPS) is 10.8. The Morgan fingerprint density at radius 1 is 1.18 bits per heavy atom. The summed E-state index contributed by atoms with van der Waals surface area (Å²) in [5.74, 6) is 6.48. The average molecular weight is 336 g/mol. The number of thioether (sulfide) groups is 1. The van der Waals surface area contributed by atoms with Crippen LogP contribution in [0.5, 0.6) is 0 Å². The highest BCUT2D eigenvalue weighted by atomic mass is 35.5. The van der Waals surface area contributed by atoms with Crippen LogP contribution in [0.2, 0.25) is 5.02 Å². The highest BCUT2D eigenvalue weighted by Crippen LogP contribution is 2.28. The van der Waals surface area contributed by atoms with Crippen LogP contribution in [0.15, 0.2) is 47.9 Å². The SMILES string of the molecule is Nn1c(SCc2c(F)cccc2Cl)nnc1-c1ccncc1. The van der Waals surface area contributed by atoms with Crippen molar-refractivity contribution < 1.29 is 4.39 Å². The Labute approximate surface area is 135 Å². The highest BCUT2D eigenvalue weighted by Gasteiger charge is 2.14. The number of rotatable bonds is 4. The second kappa shape index (κ2) is 6.33. The zero-order chi connectivity index (χ0) is 15.5. The molecule has 0 atom stereocenters. The summed E-state index contributed by atoms with van der Waals surface area (Å²) >= 11 is 7.27. The van der Waals surface area contributed by atoms with Gasteiger partial charge in [0.25, 0.3) is 0 Å². The number of halogens is 2. The van der Waals surface area contributed by atoms with E-state index >= 15 is 0 Å². The van der Waals surface area contributed by atoms with E-state index in [0.29, 0.717) is 27.3 Å². The molecule has 0 bridgehead atoms. The standard InChI is InChI=1S/C14H11ClFN5S/c15-11-2-1-3-12(16)10(11)8-22-14-20-19-13(21(14)17)9-4-6-18-7-5-9/h1-7H,8,17H2. The molecule has 0 radical (unpaired) electrons. The smallest absolute Gasteiger partial charge is 0.210 e. The minimum absolute atomic E-state index is 0.317. The lowest BCUT2D eigenvalue weighted by Crippen LogP contribution is -2.11. The van der Waals surface area contributed by atoms with Crippen molar-refractivity contribution in [2.45, 2.75) is 10.9 Å². The van der Waals surface area contributed by atoms with Crippen LogP contribution >= 0.6 is 23.4 Å². The fourth-order valence-corrected chi connectivity index (χ4v) is 3.08. The Hall–Kier alpha value is -2.12. The summed E-state index contributed by atoms with van der Waals surface area (Å²) in [5, 5.41) is 8.94. The maximum absolute atomic E-state index is 13.7. The van der Waals surface area contributed by atoms with Crippen molar-refractivity contribution in [2.75, 3.05) is 5.84 Å². The van der Waals surface area contributed by atoms with Gasteiger partial charge in [0.2, 0.25) is 5.16 Å². The summed E-state index contributed by atoms with van der Waals surface area (Å²) in [6.45, 7) is 0. The Morgan fingerprint density at radius 3 is 2.68 bits per heavy atom. The van der Waals surface area contributed by atoms with E-state index in [2.05, 4.69) is 15.2 Å². The Balaban J connectivity index is 1.81.